The van der Waals surface area contributed by atoms with E-state index in [0.717, 1.165) is 5.56 Å². The molecule has 0 saturated heterocycles. The van der Waals surface area contributed by atoms with Gasteiger partial charge in [-0.15, -0.1) is 4.91 Å². The summed E-state index contributed by atoms with van der Waals surface area (Å²) in [5.74, 6) is -0.576. The molecule has 0 heterocycles. The molecule has 0 fully saturated rings. The van der Waals surface area contributed by atoms with E-state index in [4.69, 9.17) is 9.47 Å². The average molecular weight is 323 g/mol. The minimum absolute atomic E-state index is 0.223. The maximum atomic E-state index is 11.8. The Hall–Kier alpha value is -2.64. The second kappa shape index (κ2) is 8.11. The van der Waals surface area contributed by atoms with Crippen LogP contribution < -0.4 is 10.7 Å². The highest BCUT2D eigenvalue weighted by Crippen LogP contribution is 2.12. The van der Waals surface area contributed by atoms with Crippen LogP contribution in [0, 0.1) is 4.91 Å². The molecule has 1 rings (SSSR count). The highest BCUT2D eigenvalue weighted by atomic mass is 16.6. The van der Waals surface area contributed by atoms with E-state index < -0.39 is 23.7 Å². The Labute approximate surface area is 134 Å². The standard InChI is InChI=1S/C15H21N3O5/c1-15(2,3)23-14(20)16-12(13(19)22-4)9-10-5-7-11(8-6-10)17-18-21/h5-8,12H,9H2,1-4H3,(H,16,20)(H,17,21). The molecule has 1 atom stereocenters. The summed E-state index contributed by atoms with van der Waals surface area (Å²) in [7, 11) is 1.24. The van der Waals surface area contributed by atoms with Gasteiger partial charge in [0.05, 0.1) is 18.1 Å². The molecule has 0 spiro atoms. The van der Waals surface area contributed by atoms with Crippen molar-refractivity contribution in [1.29, 1.82) is 0 Å². The van der Waals surface area contributed by atoms with Gasteiger partial charge >= 0.3 is 12.1 Å². The molecule has 126 valence electrons. The SMILES string of the molecule is COC(=O)C(Cc1ccc(NN=O)cc1)NC(=O)OC(C)(C)C. The molecular weight excluding hydrogens is 302 g/mol. The molecule has 0 aliphatic rings. The second-order valence-corrected chi connectivity index (χ2v) is 5.83. The van der Waals surface area contributed by atoms with Crippen molar-refractivity contribution in [2.45, 2.75) is 38.8 Å². The summed E-state index contributed by atoms with van der Waals surface area (Å²) in [6.45, 7) is 5.19. The van der Waals surface area contributed by atoms with Crippen molar-refractivity contribution in [3.8, 4) is 0 Å². The minimum atomic E-state index is -0.877. The van der Waals surface area contributed by atoms with Crippen LogP contribution in [-0.4, -0.2) is 30.8 Å². The van der Waals surface area contributed by atoms with Crippen LogP contribution in [0.3, 0.4) is 0 Å². The third kappa shape index (κ3) is 6.77. The number of amides is 1. The number of methoxy groups -OCH3 is 1. The molecule has 0 aromatic heterocycles. The third-order valence-corrected chi connectivity index (χ3v) is 2.75. The van der Waals surface area contributed by atoms with E-state index in [2.05, 4.69) is 16.0 Å². The van der Waals surface area contributed by atoms with E-state index >= 15 is 0 Å². The number of hydrogen-bond donors (Lipinski definition) is 2. The van der Waals surface area contributed by atoms with Crippen LogP contribution in [0.15, 0.2) is 29.6 Å². The monoisotopic (exact) mass is 323 g/mol. The Balaban J connectivity index is 2.76. The van der Waals surface area contributed by atoms with Gasteiger partial charge in [0, 0.05) is 6.42 Å². The lowest BCUT2D eigenvalue weighted by Crippen LogP contribution is -2.45. The number of hydrogen-bond acceptors (Lipinski definition) is 6. The van der Waals surface area contributed by atoms with Crippen LogP contribution in [0.5, 0.6) is 0 Å². The molecule has 0 bridgehead atoms. The lowest BCUT2D eigenvalue weighted by atomic mass is 10.1. The van der Waals surface area contributed by atoms with E-state index in [9.17, 15) is 14.5 Å². The number of nitroso groups, excluding NO2 is 1. The smallest absolute Gasteiger partial charge is 0.408 e. The summed E-state index contributed by atoms with van der Waals surface area (Å²) in [6.07, 6.45) is -0.475. The number of esters is 1. The molecule has 1 unspecified atom stereocenters. The maximum absolute atomic E-state index is 11.8. The predicted octanol–water partition coefficient (Wildman–Crippen LogP) is 2.39. The largest absolute Gasteiger partial charge is 0.467 e. The summed E-state index contributed by atoms with van der Waals surface area (Å²) >= 11 is 0. The van der Waals surface area contributed by atoms with Crippen molar-refractivity contribution in [1.82, 2.24) is 5.32 Å². The topological polar surface area (TPSA) is 106 Å². The molecule has 1 aromatic carbocycles. The first-order valence-corrected chi connectivity index (χ1v) is 7.00. The van der Waals surface area contributed by atoms with E-state index in [-0.39, 0.29) is 6.42 Å². The minimum Gasteiger partial charge on any atom is -0.467 e. The molecule has 0 aliphatic carbocycles. The van der Waals surface area contributed by atoms with Crippen molar-refractivity contribution in [3.63, 3.8) is 0 Å². The predicted molar refractivity (Wildman–Crippen MR) is 84.7 cm³/mol. The number of anilines is 1. The van der Waals surface area contributed by atoms with Crippen LogP contribution in [-0.2, 0) is 20.7 Å². The first-order valence-electron chi connectivity index (χ1n) is 7.00. The van der Waals surface area contributed by atoms with Gasteiger partial charge in [-0.25, -0.2) is 15.0 Å². The molecule has 2 N–H and O–H groups in total. The molecule has 23 heavy (non-hydrogen) atoms. The summed E-state index contributed by atoms with van der Waals surface area (Å²) in [4.78, 5) is 33.8. The van der Waals surface area contributed by atoms with Gasteiger partial charge in [0.25, 0.3) is 0 Å². The molecule has 1 amide bonds. The number of carbonyl (C=O) groups is 2. The number of rotatable bonds is 6. The van der Waals surface area contributed by atoms with Crippen molar-refractivity contribution >= 4 is 17.7 Å². The van der Waals surface area contributed by atoms with Crippen molar-refractivity contribution in [3.05, 3.63) is 34.7 Å². The fourth-order valence-electron chi connectivity index (χ4n) is 1.79. The van der Waals surface area contributed by atoms with Crippen molar-refractivity contribution in [2.24, 2.45) is 5.29 Å². The van der Waals surface area contributed by atoms with Gasteiger partial charge in [0.15, 0.2) is 0 Å². The molecule has 8 nitrogen and oxygen atoms in total. The van der Waals surface area contributed by atoms with Crippen LogP contribution in [0.2, 0.25) is 0 Å². The molecule has 0 radical (unpaired) electrons. The Bertz CT molecular complexity index is 551. The number of alkyl carbamates (subject to hydrolysis) is 1. The lowest BCUT2D eigenvalue weighted by Gasteiger charge is -2.22. The van der Waals surface area contributed by atoms with Gasteiger partial charge in [-0.1, -0.05) is 12.1 Å². The van der Waals surface area contributed by atoms with Gasteiger partial charge in [-0.2, -0.15) is 0 Å². The van der Waals surface area contributed by atoms with Gasteiger partial charge < -0.3 is 14.8 Å². The van der Waals surface area contributed by atoms with E-state index in [1.54, 1.807) is 45.0 Å². The zero-order valence-corrected chi connectivity index (χ0v) is 13.6. The fraction of sp³-hybridized carbons (Fsp3) is 0.467. The first-order chi connectivity index (χ1) is 10.7. The first kappa shape index (κ1) is 18.4. The zero-order valence-electron chi connectivity index (χ0n) is 13.6. The summed E-state index contributed by atoms with van der Waals surface area (Å²) in [6, 6.07) is 5.82. The highest BCUT2D eigenvalue weighted by molar-refractivity contribution is 5.81. The summed E-state index contributed by atoms with van der Waals surface area (Å²) < 4.78 is 9.84. The number of benzene rings is 1. The van der Waals surface area contributed by atoms with Gasteiger partial charge in [0.2, 0.25) is 0 Å². The Morgan fingerprint density at radius 3 is 2.30 bits per heavy atom. The fourth-order valence-corrected chi connectivity index (χ4v) is 1.79. The molecule has 0 saturated carbocycles. The average Bonchev–Trinajstić information content (AvgIpc) is 2.46. The quantitative estimate of drug-likeness (QED) is 0.473. The van der Waals surface area contributed by atoms with Crippen molar-refractivity contribution < 1.29 is 19.1 Å². The summed E-state index contributed by atoms with van der Waals surface area (Å²) in [5, 5.41) is 5.06. The van der Waals surface area contributed by atoms with E-state index in [1.807, 2.05) is 0 Å². The molecular formula is C15H21N3O5. The van der Waals surface area contributed by atoms with Crippen LogP contribution in [0.4, 0.5) is 10.5 Å². The molecule has 0 aliphatic heterocycles. The second-order valence-electron chi connectivity index (χ2n) is 5.83. The number of nitrogens with one attached hydrogen (secondary N) is 2. The third-order valence-electron chi connectivity index (χ3n) is 2.75. The normalized spacial score (nSPS) is 12.0. The number of nitrogens with zero attached hydrogens (tertiary/aromatic N) is 1. The summed E-state index contributed by atoms with van der Waals surface area (Å²) in [5.41, 5.74) is 2.90. The van der Waals surface area contributed by atoms with Gasteiger partial charge in [-0.05, 0) is 38.5 Å². The number of ether oxygens (including phenoxy) is 2. The Morgan fingerprint density at radius 1 is 1.22 bits per heavy atom. The Morgan fingerprint density at radius 2 is 1.83 bits per heavy atom. The zero-order chi connectivity index (χ0) is 17.5. The van der Waals surface area contributed by atoms with E-state index in [1.165, 1.54) is 7.11 Å². The van der Waals surface area contributed by atoms with Crippen LogP contribution >= 0.6 is 0 Å². The maximum Gasteiger partial charge on any atom is 0.408 e. The van der Waals surface area contributed by atoms with E-state index in [0.29, 0.717) is 5.69 Å². The highest BCUT2D eigenvalue weighted by Gasteiger charge is 2.25. The lowest BCUT2D eigenvalue weighted by molar-refractivity contribution is -0.143. The van der Waals surface area contributed by atoms with Crippen molar-refractivity contribution in [2.75, 3.05) is 12.5 Å². The van der Waals surface area contributed by atoms with Gasteiger partial charge in [-0.3, -0.25) is 0 Å². The Kier molecular flexibility index (Phi) is 6.49. The van der Waals surface area contributed by atoms with Crippen LogP contribution in [0.25, 0.3) is 0 Å². The van der Waals surface area contributed by atoms with Crippen LogP contribution in [0.1, 0.15) is 26.3 Å². The van der Waals surface area contributed by atoms with Gasteiger partial charge in [0.1, 0.15) is 11.6 Å². The molecule has 1 aromatic rings. The number of carbonyl (C=O) groups excluding carboxylic acids is 2. The molecule has 8 heteroatoms.